The van der Waals surface area contributed by atoms with Crippen molar-refractivity contribution in [3.63, 3.8) is 0 Å². The lowest BCUT2D eigenvalue weighted by Crippen LogP contribution is -2.49. The van der Waals surface area contributed by atoms with E-state index in [0.717, 1.165) is 0 Å². The maximum Gasteiger partial charge on any atom is 0.261 e. The number of hydrogen-bond donors (Lipinski definition) is 1. The predicted molar refractivity (Wildman–Crippen MR) is 108 cm³/mol. The number of hydrogen-bond acceptors (Lipinski definition) is 5. The van der Waals surface area contributed by atoms with E-state index < -0.39 is 11.1 Å². The molecule has 2 heterocycles. The molecule has 0 bridgehead atoms. The number of ether oxygens (including phenoxy) is 2. The van der Waals surface area contributed by atoms with E-state index in [4.69, 9.17) is 15.2 Å². The number of halogens is 1. The summed E-state index contributed by atoms with van der Waals surface area (Å²) in [7, 11) is 1.60. The van der Waals surface area contributed by atoms with E-state index in [0.29, 0.717) is 41.2 Å². The maximum atomic E-state index is 14.6. The van der Waals surface area contributed by atoms with Crippen molar-refractivity contribution in [3.8, 4) is 22.6 Å². The molecule has 1 spiro atoms. The number of nitrogens with two attached hydrogens (primary N) is 1. The van der Waals surface area contributed by atoms with E-state index in [1.807, 2.05) is 20.8 Å². The Morgan fingerprint density at radius 1 is 1.28 bits per heavy atom. The number of carbonyl (C=O) groups excluding carboxylic acids is 1. The van der Waals surface area contributed by atoms with E-state index in [1.54, 1.807) is 37.4 Å². The molecule has 0 radical (unpaired) electrons. The monoisotopic (exact) mass is 397 g/mol. The second-order valence-corrected chi connectivity index (χ2v) is 8.02. The molecule has 1 amide bonds. The van der Waals surface area contributed by atoms with Crippen molar-refractivity contribution >= 4 is 11.9 Å². The van der Waals surface area contributed by atoms with Gasteiger partial charge in [0, 0.05) is 24.6 Å². The summed E-state index contributed by atoms with van der Waals surface area (Å²) < 4.78 is 26.2. The van der Waals surface area contributed by atoms with Crippen LogP contribution in [0.15, 0.2) is 41.4 Å². The molecular formula is C22H24FN3O3. The van der Waals surface area contributed by atoms with Crippen molar-refractivity contribution < 1.29 is 18.7 Å². The van der Waals surface area contributed by atoms with Crippen LogP contribution in [0.3, 0.4) is 0 Å². The van der Waals surface area contributed by atoms with Gasteiger partial charge in [0.05, 0.1) is 6.61 Å². The van der Waals surface area contributed by atoms with E-state index in [-0.39, 0.29) is 17.7 Å². The number of carbonyl (C=O) groups is 1. The lowest BCUT2D eigenvalue weighted by molar-refractivity contribution is -0.133. The highest BCUT2D eigenvalue weighted by Crippen LogP contribution is 2.50. The smallest absolute Gasteiger partial charge is 0.261 e. The van der Waals surface area contributed by atoms with Crippen LogP contribution in [0.4, 0.5) is 4.39 Å². The van der Waals surface area contributed by atoms with Gasteiger partial charge in [0.25, 0.3) is 5.91 Å². The quantitative estimate of drug-likeness (QED) is 0.861. The fourth-order valence-corrected chi connectivity index (χ4v) is 4.13. The second kappa shape index (κ2) is 6.47. The van der Waals surface area contributed by atoms with E-state index in [9.17, 15) is 9.18 Å². The summed E-state index contributed by atoms with van der Waals surface area (Å²) >= 11 is 0. The molecule has 1 atom stereocenters. The Morgan fingerprint density at radius 2 is 2.03 bits per heavy atom. The molecule has 2 aliphatic heterocycles. The molecule has 1 unspecified atom stereocenters. The molecule has 2 N–H and O–H groups in total. The van der Waals surface area contributed by atoms with Crippen LogP contribution < -0.4 is 15.2 Å². The summed E-state index contributed by atoms with van der Waals surface area (Å²) in [6, 6.07) is 9.93. The largest absolute Gasteiger partial charge is 0.494 e. The Balaban J connectivity index is 1.90. The Hall–Kier alpha value is -3.09. The van der Waals surface area contributed by atoms with E-state index >= 15 is 0 Å². The number of amides is 1. The summed E-state index contributed by atoms with van der Waals surface area (Å²) in [6.45, 7) is 6.17. The van der Waals surface area contributed by atoms with Gasteiger partial charge in [-0.25, -0.2) is 9.38 Å². The predicted octanol–water partition coefficient (Wildman–Crippen LogP) is 3.43. The summed E-state index contributed by atoms with van der Waals surface area (Å²) in [5.74, 6) is 0.693. The van der Waals surface area contributed by atoms with Crippen LogP contribution in [0.1, 0.15) is 32.8 Å². The highest BCUT2D eigenvalue weighted by atomic mass is 19.1. The molecule has 0 saturated carbocycles. The molecule has 29 heavy (non-hydrogen) atoms. The first-order chi connectivity index (χ1) is 13.7. The van der Waals surface area contributed by atoms with Crippen molar-refractivity contribution in [2.45, 2.75) is 38.3 Å². The highest BCUT2D eigenvalue weighted by molar-refractivity contribution is 6.07. The van der Waals surface area contributed by atoms with Gasteiger partial charge in [-0.3, -0.25) is 9.69 Å². The summed E-state index contributed by atoms with van der Waals surface area (Å²) in [5.41, 5.74) is 5.78. The zero-order valence-electron chi connectivity index (χ0n) is 17.0. The van der Waals surface area contributed by atoms with E-state index in [2.05, 4.69) is 4.99 Å². The minimum absolute atomic E-state index is 0.161. The topological polar surface area (TPSA) is 77.2 Å². The van der Waals surface area contributed by atoms with Crippen LogP contribution in [0.2, 0.25) is 0 Å². The minimum atomic E-state index is -1.18. The molecule has 6 nitrogen and oxygen atoms in total. The third kappa shape index (κ3) is 3.01. The summed E-state index contributed by atoms with van der Waals surface area (Å²) in [5, 5.41) is 0. The zero-order chi connectivity index (χ0) is 21.0. The van der Waals surface area contributed by atoms with Crippen molar-refractivity contribution in [2.75, 3.05) is 13.7 Å². The number of aliphatic imine (C=N–C) groups is 1. The molecule has 152 valence electrons. The van der Waals surface area contributed by atoms with Crippen LogP contribution in [-0.2, 0) is 10.3 Å². The van der Waals surface area contributed by atoms with Crippen LogP contribution in [0, 0.1) is 5.82 Å². The lowest BCUT2D eigenvalue weighted by atomic mass is 9.77. The van der Waals surface area contributed by atoms with E-state index in [1.165, 1.54) is 11.0 Å². The molecule has 4 rings (SSSR count). The molecule has 2 aromatic carbocycles. The molecule has 0 aromatic heterocycles. The number of fused-ring (bicyclic) bond motifs is 2. The first kappa shape index (κ1) is 19.2. The van der Waals surface area contributed by atoms with Gasteiger partial charge in [-0.2, -0.15) is 0 Å². The number of rotatable bonds is 3. The van der Waals surface area contributed by atoms with Gasteiger partial charge in [-0.05, 0) is 56.7 Å². The number of likely N-dealkylation sites (N-methyl/N-ethyl adjacent to an activating group) is 1. The van der Waals surface area contributed by atoms with Crippen molar-refractivity contribution in [3.05, 3.63) is 47.8 Å². The van der Waals surface area contributed by atoms with Crippen LogP contribution in [0.25, 0.3) is 11.1 Å². The average Bonchev–Trinajstić information content (AvgIpc) is 2.87. The first-order valence-corrected chi connectivity index (χ1v) is 9.56. The van der Waals surface area contributed by atoms with Gasteiger partial charge in [0.1, 0.15) is 22.9 Å². The van der Waals surface area contributed by atoms with Gasteiger partial charge >= 0.3 is 0 Å². The standard InChI is InChI=1S/C22H24FN3O3/c1-5-28-14-7-8-17(23)15(11-14)13-6-9-18-16(10-13)22(12-21(2,3)29-18)19(27)26(4)20(24)25-22/h6-11H,5,12H2,1-4H3,(H2,24,25). The zero-order valence-corrected chi connectivity index (χ0v) is 17.0. The number of guanidine groups is 1. The summed E-state index contributed by atoms with van der Waals surface area (Å²) in [4.78, 5) is 19.1. The van der Waals surface area contributed by atoms with Crippen molar-refractivity contribution in [1.29, 1.82) is 0 Å². The maximum absolute atomic E-state index is 14.6. The normalized spacial score (nSPS) is 22.3. The second-order valence-electron chi connectivity index (χ2n) is 8.02. The van der Waals surface area contributed by atoms with Gasteiger partial charge in [-0.15, -0.1) is 0 Å². The number of nitrogens with zero attached hydrogens (tertiary/aromatic N) is 2. The SMILES string of the molecule is CCOc1ccc(F)c(-c2ccc3c(c2)C2(CC(C)(C)O3)N=C(N)N(C)C2=O)c1. The third-order valence-corrected chi connectivity index (χ3v) is 5.36. The molecule has 7 heteroatoms. The Kier molecular flexibility index (Phi) is 4.29. The van der Waals surface area contributed by atoms with Crippen molar-refractivity contribution in [2.24, 2.45) is 10.7 Å². The Bertz CT molecular complexity index is 1030. The fraction of sp³-hybridized carbons (Fsp3) is 0.364. The molecule has 0 fully saturated rings. The molecular weight excluding hydrogens is 373 g/mol. The van der Waals surface area contributed by atoms with Crippen LogP contribution in [0.5, 0.6) is 11.5 Å². The fourth-order valence-electron chi connectivity index (χ4n) is 4.13. The Morgan fingerprint density at radius 3 is 2.69 bits per heavy atom. The highest BCUT2D eigenvalue weighted by Gasteiger charge is 2.55. The average molecular weight is 397 g/mol. The van der Waals surface area contributed by atoms with Gasteiger partial charge in [0.2, 0.25) is 0 Å². The van der Waals surface area contributed by atoms with Gasteiger partial charge < -0.3 is 15.2 Å². The Labute approximate surface area is 169 Å². The molecule has 2 aliphatic rings. The lowest BCUT2D eigenvalue weighted by Gasteiger charge is -2.41. The van der Waals surface area contributed by atoms with Crippen molar-refractivity contribution in [1.82, 2.24) is 4.90 Å². The molecule has 0 saturated heterocycles. The van der Waals surface area contributed by atoms with Gasteiger partial charge in [-0.1, -0.05) is 6.07 Å². The van der Waals surface area contributed by atoms with Crippen LogP contribution >= 0.6 is 0 Å². The molecule has 0 aliphatic carbocycles. The molecule has 2 aromatic rings. The minimum Gasteiger partial charge on any atom is -0.494 e. The van der Waals surface area contributed by atoms with Crippen LogP contribution in [-0.4, -0.2) is 36.0 Å². The number of benzene rings is 2. The first-order valence-electron chi connectivity index (χ1n) is 9.56. The summed E-state index contributed by atoms with van der Waals surface area (Å²) in [6.07, 6.45) is 0.335. The third-order valence-electron chi connectivity index (χ3n) is 5.36. The van der Waals surface area contributed by atoms with Gasteiger partial charge in [0.15, 0.2) is 11.5 Å².